The van der Waals surface area contributed by atoms with E-state index in [2.05, 4.69) is 20.3 Å². The van der Waals surface area contributed by atoms with Crippen molar-refractivity contribution in [2.45, 2.75) is 32.1 Å². The molecule has 1 atom stereocenters. The Bertz CT molecular complexity index is 960. The summed E-state index contributed by atoms with van der Waals surface area (Å²) in [5.74, 6) is 1.77. The number of aromatic nitrogens is 3. The monoisotopic (exact) mass is 374 g/mol. The van der Waals surface area contributed by atoms with Gasteiger partial charge >= 0.3 is 0 Å². The minimum Gasteiger partial charge on any atom is -0.616 e. The van der Waals surface area contributed by atoms with Gasteiger partial charge in [-0.1, -0.05) is 0 Å². The molecule has 6 nitrogen and oxygen atoms in total. The molecule has 136 valence electrons. The number of hydrogen-bond acceptors (Lipinski definition) is 5. The topological polar surface area (TPSA) is 85.9 Å². The molecule has 0 aliphatic carbocycles. The van der Waals surface area contributed by atoms with Gasteiger partial charge in [0.25, 0.3) is 0 Å². The number of fused-ring (bicyclic) bond motifs is 3. The molecule has 1 aliphatic rings. The molecule has 0 amide bonds. The Morgan fingerprint density at radius 3 is 3.00 bits per heavy atom. The van der Waals surface area contributed by atoms with Crippen LogP contribution >= 0.6 is 0 Å². The van der Waals surface area contributed by atoms with E-state index in [0.29, 0.717) is 34.4 Å². The molecule has 1 aromatic carbocycles. The van der Waals surface area contributed by atoms with E-state index in [1.54, 1.807) is 6.07 Å². The van der Waals surface area contributed by atoms with Crippen LogP contribution < -0.4 is 10.1 Å². The maximum atomic E-state index is 13.6. The van der Waals surface area contributed by atoms with Crippen molar-refractivity contribution in [3.63, 3.8) is 0 Å². The van der Waals surface area contributed by atoms with Crippen molar-refractivity contribution >= 4 is 33.7 Å². The number of H-pyrrole nitrogens is 1. The van der Waals surface area contributed by atoms with Gasteiger partial charge in [-0.2, -0.15) is 0 Å². The molecule has 0 saturated heterocycles. The minimum atomic E-state index is -0.884. The van der Waals surface area contributed by atoms with Crippen molar-refractivity contribution in [1.29, 1.82) is 0 Å². The largest absolute Gasteiger partial charge is 0.616 e. The summed E-state index contributed by atoms with van der Waals surface area (Å²) in [6, 6.07) is 4.34. The van der Waals surface area contributed by atoms with Crippen LogP contribution in [0.3, 0.4) is 0 Å². The first-order chi connectivity index (χ1) is 12.5. The summed E-state index contributed by atoms with van der Waals surface area (Å²) in [5, 5.41) is 4.07. The van der Waals surface area contributed by atoms with Gasteiger partial charge in [0.2, 0.25) is 0 Å². The second-order valence-corrected chi connectivity index (χ2v) is 8.07. The lowest BCUT2D eigenvalue weighted by Gasteiger charge is -2.18. The molecule has 3 aromatic rings. The van der Waals surface area contributed by atoms with Crippen LogP contribution in [0.1, 0.15) is 25.1 Å². The zero-order valence-electron chi connectivity index (χ0n) is 14.5. The third-order valence-electron chi connectivity index (χ3n) is 4.23. The first kappa shape index (κ1) is 17.1. The highest BCUT2D eigenvalue weighted by Crippen LogP contribution is 2.35. The van der Waals surface area contributed by atoms with Crippen LogP contribution in [-0.2, 0) is 23.3 Å². The van der Waals surface area contributed by atoms with E-state index >= 15 is 0 Å². The Kier molecular flexibility index (Phi) is 4.46. The molecule has 4 rings (SSSR count). The highest BCUT2D eigenvalue weighted by atomic mass is 32.2. The molecular formula is C18H19FN4O2S. The molecule has 26 heavy (non-hydrogen) atoms. The van der Waals surface area contributed by atoms with Gasteiger partial charge in [-0.25, -0.2) is 14.4 Å². The summed E-state index contributed by atoms with van der Waals surface area (Å²) in [4.78, 5) is 12.0. The van der Waals surface area contributed by atoms with Gasteiger partial charge in [0, 0.05) is 23.7 Å². The Morgan fingerprint density at radius 1 is 1.35 bits per heavy atom. The van der Waals surface area contributed by atoms with Gasteiger partial charge in [0.15, 0.2) is 0 Å². The van der Waals surface area contributed by atoms with Crippen LogP contribution in [0.2, 0.25) is 0 Å². The lowest BCUT2D eigenvalue weighted by molar-refractivity contribution is 0.243. The number of aromatic amines is 1. The Hall–Kier alpha value is -2.32. The number of ether oxygens (including phenoxy) is 1. The molecule has 0 saturated carbocycles. The number of benzene rings is 1. The number of anilines is 2. The van der Waals surface area contributed by atoms with E-state index in [1.807, 2.05) is 13.8 Å². The second-order valence-electron chi connectivity index (χ2n) is 6.50. The number of nitrogens with zero attached hydrogens (tertiary/aromatic N) is 2. The SMILES string of the molecule is CC(C)Oc1cc(F)ccc1Nc1ncnc2[nH]c3c(c12)C[S+]([O-])CC3. The number of hydrogen-bond donors (Lipinski definition) is 2. The fourth-order valence-electron chi connectivity index (χ4n) is 3.13. The van der Waals surface area contributed by atoms with Gasteiger partial charge in [0.05, 0.1) is 17.2 Å². The molecule has 1 unspecified atom stereocenters. The summed E-state index contributed by atoms with van der Waals surface area (Å²) >= 11 is -0.884. The Labute approximate surface area is 153 Å². The Balaban J connectivity index is 1.78. The normalized spacial score (nSPS) is 16.7. The molecular weight excluding hydrogens is 355 g/mol. The van der Waals surface area contributed by atoms with E-state index in [9.17, 15) is 8.94 Å². The quantitative estimate of drug-likeness (QED) is 0.683. The molecule has 2 aromatic heterocycles. The van der Waals surface area contributed by atoms with Crippen LogP contribution in [-0.4, -0.2) is 31.4 Å². The smallest absolute Gasteiger partial charge is 0.146 e. The maximum absolute atomic E-state index is 13.6. The molecule has 0 bridgehead atoms. The molecule has 0 radical (unpaired) electrons. The van der Waals surface area contributed by atoms with Crippen molar-refractivity contribution in [3.05, 3.63) is 41.6 Å². The number of aryl methyl sites for hydroxylation is 1. The Morgan fingerprint density at radius 2 is 2.19 bits per heavy atom. The first-order valence-electron chi connectivity index (χ1n) is 8.44. The molecule has 3 heterocycles. The number of halogens is 1. The van der Waals surface area contributed by atoms with Gasteiger partial charge in [-0.15, -0.1) is 0 Å². The highest BCUT2D eigenvalue weighted by Gasteiger charge is 2.26. The summed E-state index contributed by atoms with van der Waals surface area (Å²) < 4.78 is 31.4. The van der Waals surface area contributed by atoms with Gasteiger partial charge < -0.3 is 19.6 Å². The fourth-order valence-corrected chi connectivity index (χ4v) is 4.35. The zero-order valence-corrected chi connectivity index (χ0v) is 15.3. The second kappa shape index (κ2) is 6.77. The maximum Gasteiger partial charge on any atom is 0.146 e. The van der Waals surface area contributed by atoms with Gasteiger partial charge in [-0.05, 0) is 37.2 Å². The first-order valence-corrected chi connectivity index (χ1v) is 9.92. The average Bonchev–Trinajstić information content (AvgIpc) is 2.95. The van der Waals surface area contributed by atoms with Crippen molar-refractivity contribution in [3.8, 4) is 5.75 Å². The molecule has 1 aliphatic heterocycles. The van der Waals surface area contributed by atoms with E-state index in [-0.39, 0.29) is 11.9 Å². The van der Waals surface area contributed by atoms with Crippen molar-refractivity contribution < 1.29 is 13.7 Å². The summed E-state index contributed by atoms with van der Waals surface area (Å²) in [7, 11) is 0. The fraction of sp³-hybridized carbons (Fsp3) is 0.333. The van der Waals surface area contributed by atoms with Gasteiger partial charge in [0.1, 0.15) is 40.9 Å². The summed E-state index contributed by atoms with van der Waals surface area (Å²) in [6.07, 6.45) is 2.11. The van der Waals surface area contributed by atoms with E-state index in [1.165, 1.54) is 18.5 Å². The lowest BCUT2D eigenvalue weighted by Crippen LogP contribution is -2.18. The van der Waals surface area contributed by atoms with Crippen molar-refractivity contribution in [2.24, 2.45) is 0 Å². The third-order valence-corrected chi connectivity index (χ3v) is 5.50. The van der Waals surface area contributed by atoms with Crippen molar-refractivity contribution in [2.75, 3.05) is 11.1 Å². The molecule has 2 N–H and O–H groups in total. The van der Waals surface area contributed by atoms with Crippen LogP contribution in [0, 0.1) is 5.82 Å². The zero-order chi connectivity index (χ0) is 18.3. The van der Waals surface area contributed by atoms with Crippen LogP contribution in [0.15, 0.2) is 24.5 Å². The van der Waals surface area contributed by atoms with E-state index in [4.69, 9.17) is 4.74 Å². The summed E-state index contributed by atoms with van der Waals surface area (Å²) in [5.41, 5.74) is 3.37. The molecule has 0 spiro atoms. The minimum absolute atomic E-state index is 0.0924. The number of nitrogens with one attached hydrogen (secondary N) is 2. The highest BCUT2D eigenvalue weighted by molar-refractivity contribution is 7.90. The van der Waals surface area contributed by atoms with E-state index in [0.717, 1.165) is 23.1 Å². The average molecular weight is 374 g/mol. The van der Waals surface area contributed by atoms with Crippen LogP contribution in [0.4, 0.5) is 15.9 Å². The van der Waals surface area contributed by atoms with E-state index < -0.39 is 11.2 Å². The summed E-state index contributed by atoms with van der Waals surface area (Å²) in [6.45, 7) is 3.77. The number of rotatable bonds is 4. The predicted octanol–water partition coefficient (Wildman–Crippen LogP) is 3.43. The lowest BCUT2D eigenvalue weighted by atomic mass is 10.1. The third kappa shape index (κ3) is 3.22. The van der Waals surface area contributed by atoms with Crippen molar-refractivity contribution in [1.82, 2.24) is 15.0 Å². The van der Waals surface area contributed by atoms with Crippen LogP contribution in [0.25, 0.3) is 11.0 Å². The van der Waals surface area contributed by atoms with Crippen LogP contribution in [0.5, 0.6) is 5.75 Å². The predicted molar refractivity (Wildman–Crippen MR) is 99.8 cm³/mol. The standard InChI is InChI=1S/C18H19FN4O2S/c1-10(2)25-15-7-11(19)3-4-14(15)23-18-16-12-8-26(24)6-5-13(12)22-17(16)20-9-21-18/h3-4,7,9-10H,5-6,8H2,1-2H3,(H2,20,21,22,23). The molecule has 8 heteroatoms. The van der Waals surface area contributed by atoms with Gasteiger partial charge in [-0.3, -0.25) is 0 Å². The molecule has 0 fully saturated rings.